The summed E-state index contributed by atoms with van der Waals surface area (Å²) in [6.45, 7) is 7.52. The van der Waals surface area contributed by atoms with Crippen LogP contribution in [-0.4, -0.2) is 19.7 Å². The Hall–Kier alpha value is -0.0900. The minimum atomic E-state index is -3.06. The third kappa shape index (κ3) is 1.98. The number of rotatable bonds is 3. The van der Waals surface area contributed by atoms with Crippen LogP contribution in [0.5, 0.6) is 0 Å². The van der Waals surface area contributed by atoms with Gasteiger partial charge >= 0.3 is 0 Å². The van der Waals surface area contributed by atoms with E-state index < -0.39 is 10.0 Å². The molecule has 1 N–H and O–H groups in total. The molecule has 1 unspecified atom stereocenters. The van der Waals surface area contributed by atoms with Crippen LogP contribution in [-0.2, 0) is 10.0 Å². The van der Waals surface area contributed by atoms with Crippen LogP contribution in [0.3, 0.4) is 0 Å². The zero-order valence-corrected chi connectivity index (χ0v) is 8.90. The Kier molecular flexibility index (Phi) is 2.25. The summed E-state index contributed by atoms with van der Waals surface area (Å²) in [6.07, 6.45) is 0.957. The molecule has 1 saturated carbocycles. The smallest absolute Gasteiger partial charge is 0.212 e. The monoisotopic (exact) mass is 191 g/mol. The van der Waals surface area contributed by atoms with Crippen molar-refractivity contribution in [3.05, 3.63) is 0 Å². The van der Waals surface area contributed by atoms with Crippen LogP contribution in [0.25, 0.3) is 0 Å². The summed E-state index contributed by atoms with van der Waals surface area (Å²) in [6, 6.07) is 0.157. The normalized spacial score (nSPS) is 27.6. The Bertz CT molecular complexity index is 267. The van der Waals surface area contributed by atoms with E-state index in [4.69, 9.17) is 0 Å². The van der Waals surface area contributed by atoms with Gasteiger partial charge in [0.2, 0.25) is 10.0 Å². The molecule has 12 heavy (non-hydrogen) atoms. The average Bonchev–Trinajstić information content (AvgIpc) is 2.37. The van der Waals surface area contributed by atoms with Gasteiger partial charge in [-0.15, -0.1) is 0 Å². The van der Waals surface area contributed by atoms with Crippen LogP contribution < -0.4 is 4.72 Å². The molecule has 0 heterocycles. The molecule has 1 aliphatic rings. The van der Waals surface area contributed by atoms with Crippen molar-refractivity contribution in [2.45, 2.75) is 45.4 Å². The maximum absolute atomic E-state index is 11.4. The van der Waals surface area contributed by atoms with E-state index in [0.29, 0.717) is 0 Å². The van der Waals surface area contributed by atoms with E-state index in [-0.39, 0.29) is 16.7 Å². The summed E-state index contributed by atoms with van der Waals surface area (Å²) in [4.78, 5) is 0. The molecule has 0 aromatic rings. The molecule has 0 aromatic heterocycles. The quantitative estimate of drug-likeness (QED) is 0.726. The van der Waals surface area contributed by atoms with Gasteiger partial charge in [-0.2, -0.15) is 0 Å². The van der Waals surface area contributed by atoms with Gasteiger partial charge in [-0.1, -0.05) is 13.8 Å². The van der Waals surface area contributed by atoms with Gasteiger partial charge in [-0.3, -0.25) is 0 Å². The van der Waals surface area contributed by atoms with E-state index >= 15 is 0 Å². The van der Waals surface area contributed by atoms with Gasteiger partial charge in [0, 0.05) is 6.04 Å². The molecule has 0 bridgehead atoms. The highest BCUT2D eigenvalue weighted by molar-refractivity contribution is 7.90. The SMILES string of the molecule is CC(C)S(=O)(=O)NC1CC1(C)C. The summed E-state index contributed by atoms with van der Waals surface area (Å²) in [5.74, 6) is 0. The predicted octanol–water partition coefficient (Wildman–Crippen LogP) is 1.11. The fourth-order valence-corrected chi connectivity index (χ4v) is 2.07. The highest BCUT2D eigenvalue weighted by atomic mass is 32.2. The molecule has 1 fully saturated rings. The zero-order valence-electron chi connectivity index (χ0n) is 8.09. The van der Waals surface area contributed by atoms with Crippen molar-refractivity contribution >= 4 is 10.0 Å². The molecule has 3 nitrogen and oxygen atoms in total. The highest BCUT2D eigenvalue weighted by Crippen LogP contribution is 2.45. The van der Waals surface area contributed by atoms with E-state index in [0.717, 1.165) is 6.42 Å². The Balaban J connectivity index is 2.54. The second-order valence-electron chi connectivity index (χ2n) is 4.46. The first-order valence-corrected chi connectivity index (χ1v) is 5.81. The Morgan fingerprint density at radius 2 is 1.83 bits per heavy atom. The van der Waals surface area contributed by atoms with E-state index in [9.17, 15) is 8.42 Å². The van der Waals surface area contributed by atoms with E-state index in [1.165, 1.54) is 0 Å². The topological polar surface area (TPSA) is 46.2 Å². The van der Waals surface area contributed by atoms with Crippen molar-refractivity contribution in [1.82, 2.24) is 4.72 Å². The van der Waals surface area contributed by atoms with Crippen LogP contribution in [0, 0.1) is 5.41 Å². The van der Waals surface area contributed by atoms with Crippen LogP contribution in [0.15, 0.2) is 0 Å². The summed E-state index contributed by atoms with van der Waals surface area (Å²) < 4.78 is 25.4. The molecular formula is C8H17NO2S. The van der Waals surface area contributed by atoms with Gasteiger partial charge in [0.25, 0.3) is 0 Å². The molecule has 1 atom stereocenters. The van der Waals surface area contributed by atoms with Crippen LogP contribution >= 0.6 is 0 Å². The molecule has 0 amide bonds. The number of hydrogen-bond donors (Lipinski definition) is 1. The first kappa shape index (κ1) is 9.99. The highest BCUT2D eigenvalue weighted by Gasteiger charge is 2.47. The van der Waals surface area contributed by atoms with E-state index in [1.54, 1.807) is 13.8 Å². The van der Waals surface area contributed by atoms with Crippen molar-refractivity contribution in [1.29, 1.82) is 0 Å². The minimum absolute atomic E-state index is 0.157. The predicted molar refractivity (Wildman–Crippen MR) is 49.4 cm³/mol. The standard InChI is InChI=1S/C8H17NO2S/c1-6(2)12(10,11)9-7-5-8(7,3)4/h6-7,9H,5H2,1-4H3. The molecule has 1 rings (SSSR count). The lowest BCUT2D eigenvalue weighted by molar-refractivity contribution is 0.548. The second kappa shape index (κ2) is 2.70. The van der Waals surface area contributed by atoms with Crippen molar-refractivity contribution in [3.63, 3.8) is 0 Å². The fourth-order valence-electron chi connectivity index (χ4n) is 1.00. The molecule has 1 aliphatic carbocycles. The molecular weight excluding hydrogens is 174 g/mol. The van der Waals surface area contributed by atoms with Gasteiger partial charge in [0.1, 0.15) is 0 Å². The summed E-state index contributed by atoms with van der Waals surface area (Å²) >= 11 is 0. The van der Waals surface area contributed by atoms with Crippen molar-refractivity contribution in [3.8, 4) is 0 Å². The van der Waals surface area contributed by atoms with Crippen molar-refractivity contribution in [2.24, 2.45) is 5.41 Å². The van der Waals surface area contributed by atoms with Crippen LogP contribution in [0.2, 0.25) is 0 Å². The average molecular weight is 191 g/mol. The third-order valence-corrected chi connectivity index (χ3v) is 4.29. The summed E-state index contributed by atoms with van der Waals surface area (Å²) in [7, 11) is -3.06. The molecule has 0 aromatic carbocycles. The van der Waals surface area contributed by atoms with Gasteiger partial charge in [0.15, 0.2) is 0 Å². The summed E-state index contributed by atoms with van der Waals surface area (Å²) in [5.41, 5.74) is 0.169. The zero-order chi connectivity index (χ0) is 9.57. The Morgan fingerprint density at radius 1 is 1.42 bits per heavy atom. The maximum Gasteiger partial charge on any atom is 0.214 e. The van der Waals surface area contributed by atoms with Crippen LogP contribution in [0.4, 0.5) is 0 Å². The first-order chi connectivity index (χ1) is 5.26. The lowest BCUT2D eigenvalue weighted by Gasteiger charge is -2.10. The number of nitrogens with one attached hydrogen (secondary N) is 1. The molecule has 72 valence electrons. The Morgan fingerprint density at radius 3 is 2.08 bits per heavy atom. The molecule has 4 heteroatoms. The van der Waals surface area contributed by atoms with E-state index in [1.807, 2.05) is 0 Å². The van der Waals surface area contributed by atoms with Gasteiger partial charge < -0.3 is 0 Å². The van der Waals surface area contributed by atoms with Gasteiger partial charge in [0.05, 0.1) is 5.25 Å². The minimum Gasteiger partial charge on any atom is -0.212 e. The molecule has 0 radical (unpaired) electrons. The third-order valence-electron chi connectivity index (χ3n) is 2.44. The van der Waals surface area contributed by atoms with Crippen molar-refractivity contribution < 1.29 is 8.42 Å². The summed E-state index contributed by atoms with van der Waals surface area (Å²) in [5, 5.41) is -0.325. The first-order valence-electron chi connectivity index (χ1n) is 4.27. The Labute approximate surface area is 74.6 Å². The number of sulfonamides is 1. The molecule has 0 saturated heterocycles. The number of hydrogen-bond acceptors (Lipinski definition) is 2. The lowest BCUT2D eigenvalue weighted by Crippen LogP contribution is -2.34. The molecule has 0 spiro atoms. The largest absolute Gasteiger partial charge is 0.214 e. The van der Waals surface area contributed by atoms with Crippen molar-refractivity contribution in [2.75, 3.05) is 0 Å². The fraction of sp³-hybridized carbons (Fsp3) is 1.00. The van der Waals surface area contributed by atoms with Gasteiger partial charge in [-0.05, 0) is 25.7 Å². The maximum atomic E-state index is 11.4. The molecule has 0 aliphatic heterocycles. The van der Waals surface area contributed by atoms with Gasteiger partial charge in [-0.25, -0.2) is 13.1 Å². The lowest BCUT2D eigenvalue weighted by atomic mass is 10.2. The van der Waals surface area contributed by atoms with E-state index in [2.05, 4.69) is 18.6 Å². The second-order valence-corrected chi connectivity index (χ2v) is 6.73. The van der Waals surface area contributed by atoms with Crippen LogP contribution in [0.1, 0.15) is 34.1 Å².